The third-order valence-corrected chi connectivity index (χ3v) is 5.89. The van der Waals surface area contributed by atoms with Crippen LogP contribution in [0, 0.1) is 0 Å². The molecule has 1 amide bonds. The molecular weight excluding hydrogens is 354 g/mol. The summed E-state index contributed by atoms with van der Waals surface area (Å²) in [4.78, 5) is 27.0. The van der Waals surface area contributed by atoms with Gasteiger partial charge in [-0.2, -0.15) is 0 Å². The van der Waals surface area contributed by atoms with Gasteiger partial charge < -0.3 is 9.88 Å². The molecule has 3 aromatic rings. The molecule has 2 aliphatic rings. The number of carbonyl (C=O) groups excluding carboxylic acids is 1. The molecule has 0 unspecified atom stereocenters. The van der Waals surface area contributed by atoms with Crippen LogP contribution < -0.4 is 0 Å². The molecule has 0 bridgehead atoms. The molecule has 1 saturated carbocycles. The fraction of sp³-hybridized carbons (Fsp3) is 0.450. The SMILES string of the molecule is O=C(c1cn(C2CCCCC2)nn1)N1CCc2[nH]cnc2[C@@H]1c1ccncc1. The number of amides is 1. The lowest BCUT2D eigenvalue weighted by atomic mass is 9.95. The highest BCUT2D eigenvalue weighted by Crippen LogP contribution is 2.34. The van der Waals surface area contributed by atoms with Crippen LogP contribution in [0.1, 0.15) is 71.6 Å². The second-order valence-corrected chi connectivity index (χ2v) is 7.57. The van der Waals surface area contributed by atoms with Gasteiger partial charge in [0.05, 0.1) is 24.3 Å². The van der Waals surface area contributed by atoms with Gasteiger partial charge >= 0.3 is 0 Å². The number of aromatic amines is 1. The number of imidazole rings is 1. The van der Waals surface area contributed by atoms with E-state index in [2.05, 4.69) is 25.3 Å². The Balaban J connectivity index is 1.46. The molecule has 3 aromatic heterocycles. The highest BCUT2D eigenvalue weighted by atomic mass is 16.2. The van der Waals surface area contributed by atoms with Crippen molar-refractivity contribution in [2.45, 2.75) is 50.6 Å². The maximum atomic E-state index is 13.4. The molecule has 1 aliphatic heterocycles. The van der Waals surface area contributed by atoms with Gasteiger partial charge in [0.15, 0.2) is 5.69 Å². The summed E-state index contributed by atoms with van der Waals surface area (Å²) in [6.45, 7) is 0.608. The first-order valence-electron chi connectivity index (χ1n) is 9.96. The first-order valence-corrected chi connectivity index (χ1v) is 9.96. The van der Waals surface area contributed by atoms with Crippen molar-refractivity contribution in [3.63, 3.8) is 0 Å². The van der Waals surface area contributed by atoms with Crippen molar-refractivity contribution in [2.24, 2.45) is 0 Å². The quantitative estimate of drug-likeness (QED) is 0.757. The van der Waals surface area contributed by atoms with Gasteiger partial charge in [0.25, 0.3) is 5.91 Å². The minimum Gasteiger partial charge on any atom is -0.348 e. The van der Waals surface area contributed by atoms with Crippen LogP contribution in [-0.4, -0.2) is 47.3 Å². The Morgan fingerprint density at radius 3 is 2.79 bits per heavy atom. The molecule has 5 rings (SSSR count). The third-order valence-electron chi connectivity index (χ3n) is 5.89. The van der Waals surface area contributed by atoms with Crippen molar-refractivity contribution in [2.75, 3.05) is 6.54 Å². The predicted molar refractivity (Wildman–Crippen MR) is 102 cm³/mol. The average Bonchev–Trinajstić information content (AvgIpc) is 3.43. The van der Waals surface area contributed by atoms with Crippen molar-refractivity contribution < 1.29 is 4.79 Å². The highest BCUT2D eigenvalue weighted by molar-refractivity contribution is 5.92. The Morgan fingerprint density at radius 1 is 1.14 bits per heavy atom. The average molecular weight is 377 g/mol. The molecule has 1 aliphatic carbocycles. The molecular formula is C20H23N7O. The summed E-state index contributed by atoms with van der Waals surface area (Å²) < 4.78 is 1.89. The molecule has 144 valence electrons. The summed E-state index contributed by atoms with van der Waals surface area (Å²) in [6.07, 6.45) is 13.7. The van der Waals surface area contributed by atoms with Gasteiger partial charge in [-0.3, -0.25) is 9.78 Å². The van der Waals surface area contributed by atoms with Gasteiger partial charge in [0.2, 0.25) is 0 Å². The zero-order valence-electron chi connectivity index (χ0n) is 15.7. The lowest BCUT2D eigenvalue weighted by Gasteiger charge is -2.34. The lowest BCUT2D eigenvalue weighted by molar-refractivity contribution is 0.0684. The van der Waals surface area contributed by atoms with Gasteiger partial charge in [-0.25, -0.2) is 9.67 Å². The molecule has 1 atom stereocenters. The predicted octanol–water partition coefficient (Wildman–Crippen LogP) is 2.69. The topological polar surface area (TPSA) is 92.6 Å². The van der Waals surface area contributed by atoms with Gasteiger partial charge in [-0.05, 0) is 30.5 Å². The van der Waals surface area contributed by atoms with E-state index in [1.165, 1.54) is 19.3 Å². The van der Waals surface area contributed by atoms with Gasteiger partial charge in [0.1, 0.15) is 6.04 Å². The second-order valence-electron chi connectivity index (χ2n) is 7.57. The molecule has 4 heterocycles. The number of pyridine rings is 1. The first-order chi connectivity index (χ1) is 13.8. The van der Waals surface area contributed by atoms with Crippen molar-refractivity contribution in [3.8, 4) is 0 Å². The monoisotopic (exact) mass is 377 g/mol. The number of hydrogen-bond donors (Lipinski definition) is 1. The maximum absolute atomic E-state index is 13.4. The normalized spacial score (nSPS) is 20.1. The Bertz CT molecular complexity index is 958. The van der Waals surface area contributed by atoms with Crippen LogP contribution >= 0.6 is 0 Å². The Kier molecular flexibility index (Phi) is 4.38. The van der Waals surface area contributed by atoms with E-state index in [-0.39, 0.29) is 11.9 Å². The van der Waals surface area contributed by atoms with E-state index < -0.39 is 0 Å². The summed E-state index contributed by atoms with van der Waals surface area (Å²) >= 11 is 0. The Labute approximate surface area is 163 Å². The van der Waals surface area contributed by atoms with E-state index in [9.17, 15) is 4.79 Å². The summed E-state index contributed by atoms with van der Waals surface area (Å²) in [6, 6.07) is 3.99. The summed E-state index contributed by atoms with van der Waals surface area (Å²) in [5.41, 5.74) is 3.38. The first kappa shape index (κ1) is 17.1. The second kappa shape index (κ2) is 7.18. The van der Waals surface area contributed by atoms with Gasteiger partial charge in [-0.1, -0.05) is 24.5 Å². The van der Waals surface area contributed by atoms with Crippen LogP contribution in [0.5, 0.6) is 0 Å². The zero-order chi connectivity index (χ0) is 18.9. The van der Waals surface area contributed by atoms with Crippen LogP contribution in [0.3, 0.4) is 0 Å². The smallest absolute Gasteiger partial charge is 0.276 e. The number of fused-ring (bicyclic) bond motifs is 1. The number of nitrogens with one attached hydrogen (secondary N) is 1. The molecule has 0 spiro atoms. The summed E-state index contributed by atoms with van der Waals surface area (Å²) in [7, 11) is 0. The molecule has 8 heteroatoms. The number of H-pyrrole nitrogens is 1. The maximum Gasteiger partial charge on any atom is 0.276 e. The van der Waals surface area contributed by atoms with Crippen LogP contribution in [-0.2, 0) is 6.42 Å². The minimum atomic E-state index is -0.245. The number of nitrogens with zero attached hydrogens (tertiary/aromatic N) is 6. The Morgan fingerprint density at radius 2 is 1.96 bits per heavy atom. The molecule has 0 aromatic carbocycles. The van der Waals surface area contributed by atoms with Crippen LogP contribution in [0.25, 0.3) is 0 Å². The van der Waals surface area contributed by atoms with Crippen LogP contribution in [0.4, 0.5) is 0 Å². The van der Waals surface area contributed by atoms with E-state index >= 15 is 0 Å². The number of carbonyl (C=O) groups is 1. The van der Waals surface area contributed by atoms with Crippen molar-refractivity contribution in [1.29, 1.82) is 0 Å². The van der Waals surface area contributed by atoms with Gasteiger partial charge in [-0.15, -0.1) is 5.10 Å². The van der Waals surface area contributed by atoms with Crippen molar-refractivity contribution >= 4 is 5.91 Å². The fourth-order valence-electron chi connectivity index (χ4n) is 4.42. The number of hydrogen-bond acceptors (Lipinski definition) is 5. The zero-order valence-corrected chi connectivity index (χ0v) is 15.7. The number of aromatic nitrogens is 6. The third kappa shape index (κ3) is 2.98. The van der Waals surface area contributed by atoms with Crippen molar-refractivity contribution in [3.05, 3.63) is 59.7 Å². The van der Waals surface area contributed by atoms with E-state index in [0.717, 1.165) is 36.2 Å². The standard InChI is InChI=1S/C20H23N7O/c28-20(17-12-27(25-24-17)15-4-2-1-3-5-15)26-11-8-16-18(23-13-22-16)19(26)14-6-9-21-10-7-14/h6-7,9-10,12-13,15,19H,1-5,8,11H2,(H,22,23)/t19-/m0/s1. The van der Waals surface area contributed by atoms with E-state index in [1.54, 1.807) is 18.7 Å². The minimum absolute atomic E-state index is 0.0995. The lowest BCUT2D eigenvalue weighted by Crippen LogP contribution is -2.41. The molecule has 0 saturated heterocycles. The van der Waals surface area contributed by atoms with E-state index in [4.69, 9.17) is 0 Å². The Hall–Kier alpha value is -3.03. The summed E-state index contributed by atoms with van der Waals surface area (Å²) in [5, 5.41) is 8.49. The van der Waals surface area contributed by atoms with Crippen LogP contribution in [0.2, 0.25) is 0 Å². The summed E-state index contributed by atoms with van der Waals surface area (Å²) in [5.74, 6) is -0.0995. The molecule has 1 fully saturated rings. The van der Waals surface area contributed by atoms with E-state index in [0.29, 0.717) is 18.3 Å². The largest absolute Gasteiger partial charge is 0.348 e. The van der Waals surface area contributed by atoms with Crippen molar-refractivity contribution in [1.82, 2.24) is 34.8 Å². The molecule has 1 N–H and O–H groups in total. The van der Waals surface area contributed by atoms with Crippen LogP contribution in [0.15, 0.2) is 37.1 Å². The highest BCUT2D eigenvalue weighted by Gasteiger charge is 2.35. The van der Waals surface area contributed by atoms with Gasteiger partial charge in [0, 0.05) is 31.1 Å². The molecule has 0 radical (unpaired) electrons. The van der Waals surface area contributed by atoms with E-state index in [1.807, 2.05) is 27.9 Å². The fourth-order valence-corrected chi connectivity index (χ4v) is 4.42. The molecule has 8 nitrogen and oxygen atoms in total. The number of rotatable bonds is 3. The molecule has 28 heavy (non-hydrogen) atoms.